The second-order valence-corrected chi connectivity index (χ2v) is 7.56. The number of likely N-dealkylation sites (N-methyl/N-ethyl adjacent to an activating group) is 1. The first kappa shape index (κ1) is 16.9. The van der Waals surface area contributed by atoms with Gasteiger partial charge in [-0.15, -0.1) is 36.2 Å². The fourth-order valence-corrected chi connectivity index (χ4v) is 5.02. The summed E-state index contributed by atoms with van der Waals surface area (Å²) in [5.74, 6) is 0.916. The van der Waals surface area contributed by atoms with Crippen molar-refractivity contribution in [2.24, 2.45) is 5.92 Å². The van der Waals surface area contributed by atoms with Gasteiger partial charge in [0.1, 0.15) is 0 Å². The molecule has 5 heteroatoms. The molecule has 1 saturated carbocycles. The number of halogens is 2. The van der Waals surface area contributed by atoms with Gasteiger partial charge in [0, 0.05) is 47.9 Å². The zero-order valence-corrected chi connectivity index (χ0v) is 15.1. The van der Waals surface area contributed by atoms with E-state index in [1.54, 1.807) is 4.88 Å². The third-order valence-electron chi connectivity index (χ3n) is 4.83. The average Bonchev–Trinajstić information content (AvgIpc) is 2.77. The van der Waals surface area contributed by atoms with E-state index in [9.17, 15) is 0 Å². The number of anilines is 1. The average molecular weight is 345 g/mol. The number of hydrogen-bond acceptors (Lipinski definition) is 3. The summed E-state index contributed by atoms with van der Waals surface area (Å²) in [5, 5.41) is 1.42. The number of hydrogen-bond donors (Lipinski definition) is 0. The number of fused-ring (bicyclic) bond motifs is 2. The lowest BCUT2D eigenvalue weighted by Crippen LogP contribution is -2.21. The van der Waals surface area contributed by atoms with Crippen LogP contribution in [0.4, 0.5) is 5.69 Å². The van der Waals surface area contributed by atoms with Crippen molar-refractivity contribution in [3.63, 3.8) is 0 Å². The highest BCUT2D eigenvalue weighted by molar-refractivity contribution is 7.19. The molecule has 21 heavy (non-hydrogen) atoms. The Balaban J connectivity index is 0.000000807. The number of likely N-dealkylation sites (tertiary alicyclic amines) is 1. The Morgan fingerprint density at radius 1 is 1.24 bits per heavy atom. The van der Waals surface area contributed by atoms with Crippen LogP contribution in [0.1, 0.15) is 11.3 Å². The Bertz CT molecular complexity index is 655. The van der Waals surface area contributed by atoms with Crippen molar-refractivity contribution in [3.8, 4) is 0 Å². The van der Waals surface area contributed by atoms with E-state index in [4.69, 9.17) is 0 Å². The van der Waals surface area contributed by atoms with Crippen LogP contribution in [-0.4, -0.2) is 39.1 Å². The van der Waals surface area contributed by atoms with Gasteiger partial charge in [0.2, 0.25) is 0 Å². The van der Waals surface area contributed by atoms with E-state index >= 15 is 0 Å². The predicted octanol–water partition coefficient (Wildman–Crippen LogP) is 4.01. The standard InChI is InChI=1S/C16H20N2S.2ClH/c1-17(2)13-5-4-11-6-15(19-14(11)7-13)16-8-12(16)9-18(3)10-16;;/h4-7,12H,8-10H2,1-3H3;2*1H. The summed E-state index contributed by atoms with van der Waals surface area (Å²) in [6, 6.07) is 9.27. The maximum atomic E-state index is 2.49. The van der Waals surface area contributed by atoms with Gasteiger partial charge in [-0.25, -0.2) is 0 Å². The summed E-state index contributed by atoms with van der Waals surface area (Å²) < 4.78 is 1.44. The minimum atomic E-state index is 0. The van der Waals surface area contributed by atoms with Gasteiger partial charge >= 0.3 is 0 Å². The molecule has 1 aromatic heterocycles. The quantitative estimate of drug-likeness (QED) is 0.811. The second kappa shape index (κ2) is 5.62. The Labute approximate surface area is 142 Å². The van der Waals surface area contributed by atoms with E-state index in [-0.39, 0.29) is 24.8 Å². The summed E-state index contributed by atoms with van der Waals surface area (Å²) in [5.41, 5.74) is 1.81. The Hall–Kier alpha value is -0.480. The molecule has 1 saturated heterocycles. The van der Waals surface area contributed by atoms with Gasteiger partial charge in [-0.1, -0.05) is 6.07 Å². The van der Waals surface area contributed by atoms with Crippen LogP contribution >= 0.6 is 36.2 Å². The molecule has 0 amide bonds. The first-order valence-electron chi connectivity index (χ1n) is 6.98. The summed E-state index contributed by atoms with van der Waals surface area (Å²) in [7, 11) is 6.47. The molecule has 2 nitrogen and oxygen atoms in total. The first-order valence-corrected chi connectivity index (χ1v) is 7.80. The van der Waals surface area contributed by atoms with Crippen molar-refractivity contribution in [1.82, 2.24) is 4.90 Å². The summed E-state index contributed by atoms with van der Waals surface area (Å²) in [6.45, 7) is 2.54. The molecule has 0 N–H and O–H groups in total. The number of nitrogens with zero attached hydrogens (tertiary/aromatic N) is 2. The lowest BCUT2D eigenvalue weighted by atomic mass is 10.0. The van der Waals surface area contributed by atoms with Crippen molar-refractivity contribution >= 4 is 51.9 Å². The first-order chi connectivity index (χ1) is 9.08. The van der Waals surface area contributed by atoms with Gasteiger partial charge in [0.05, 0.1) is 0 Å². The maximum absolute atomic E-state index is 2.49. The van der Waals surface area contributed by atoms with Crippen molar-refractivity contribution < 1.29 is 0 Å². The smallest absolute Gasteiger partial charge is 0.0375 e. The minimum Gasteiger partial charge on any atom is -0.378 e. The van der Waals surface area contributed by atoms with Crippen molar-refractivity contribution in [1.29, 1.82) is 0 Å². The molecule has 2 unspecified atom stereocenters. The van der Waals surface area contributed by atoms with Gasteiger partial charge in [0.25, 0.3) is 0 Å². The lowest BCUT2D eigenvalue weighted by molar-refractivity contribution is 0.364. The topological polar surface area (TPSA) is 6.48 Å². The summed E-state index contributed by atoms with van der Waals surface area (Å²) >= 11 is 2.02. The minimum absolute atomic E-state index is 0. The van der Waals surface area contributed by atoms with E-state index in [0.717, 1.165) is 5.92 Å². The molecular weight excluding hydrogens is 323 g/mol. The molecule has 2 heterocycles. The molecule has 4 rings (SSSR count). The third-order valence-corrected chi connectivity index (χ3v) is 6.14. The molecule has 2 aromatic rings. The SMILES string of the molecule is CN1CC2CC2(c2cc3ccc(N(C)C)cc3s2)C1.Cl.Cl. The Kier molecular flexibility index (Phi) is 4.52. The molecule has 0 radical (unpaired) electrons. The van der Waals surface area contributed by atoms with Gasteiger partial charge in [-0.2, -0.15) is 0 Å². The van der Waals surface area contributed by atoms with Gasteiger partial charge in [-0.3, -0.25) is 0 Å². The van der Waals surface area contributed by atoms with Crippen LogP contribution in [0.2, 0.25) is 0 Å². The highest BCUT2D eigenvalue weighted by Gasteiger charge is 2.60. The van der Waals surface area contributed by atoms with Gasteiger partial charge < -0.3 is 9.80 Å². The van der Waals surface area contributed by atoms with Crippen molar-refractivity contribution in [3.05, 3.63) is 29.1 Å². The van der Waals surface area contributed by atoms with Crippen LogP contribution in [-0.2, 0) is 5.41 Å². The fourth-order valence-electron chi connectivity index (χ4n) is 3.66. The van der Waals surface area contributed by atoms with Crippen LogP contribution < -0.4 is 4.90 Å². The van der Waals surface area contributed by atoms with E-state index in [0.29, 0.717) is 5.41 Å². The van der Waals surface area contributed by atoms with Crippen LogP contribution in [0.15, 0.2) is 24.3 Å². The van der Waals surface area contributed by atoms with Gasteiger partial charge in [0.15, 0.2) is 0 Å². The van der Waals surface area contributed by atoms with Crippen molar-refractivity contribution in [2.75, 3.05) is 39.1 Å². The fraction of sp³-hybridized carbons (Fsp3) is 0.500. The summed E-state index contributed by atoms with van der Waals surface area (Å²) in [4.78, 5) is 6.29. The zero-order valence-electron chi connectivity index (χ0n) is 12.6. The molecule has 1 aliphatic heterocycles. The molecule has 1 aromatic carbocycles. The summed E-state index contributed by atoms with van der Waals surface area (Å²) in [6.07, 6.45) is 1.41. The molecule has 2 aliphatic rings. The third kappa shape index (κ3) is 2.55. The predicted molar refractivity (Wildman–Crippen MR) is 97.9 cm³/mol. The Morgan fingerprint density at radius 3 is 2.62 bits per heavy atom. The zero-order chi connectivity index (χ0) is 13.2. The van der Waals surface area contributed by atoms with Crippen molar-refractivity contribution in [2.45, 2.75) is 11.8 Å². The monoisotopic (exact) mass is 344 g/mol. The molecule has 0 spiro atoms. The molecule has 2 atom stereocenters. The molecule has 116 valence electrons. The molecule has 2 fully saturated rings. The Morgan fingerprint density at radius 2 is 2.00 bits per heavy atom. The largest absolute Gasteiger partial charge is 0.378 e. The molecule has 1 aliphatic carbocycles. The van der Waals surface area contributed by atoms with E-state index < -0.39 is 0 Å². The number of piperidine rings is 1. The molecular formula is C16H22Cl2N2S. The van der Waals surface area contributed by atoms with Crippen LogP contribution in [0.25, 0.3) is 10.1 Å². The lowest BCUT2D eigenvalue weighted by Gasteiger charge is -2.14. The normalized spacial score (nSPS) is 26.9. The van der Waals surface area contributed by atoms with Crippen LogP contribution in [0.3, 0.4) is 0 Å². The maximum Gasteiger partial charge on any atom is 0.0375 e. The van der Waals surface area contributed by atoms with E-state index in [2.05, 4.69) is 55.2 Å². The highest BCUT2D eigenvalue weighted by Crippen LogP contribution is 2.60. The molecule has 0 bridgehead atoms. The highest BCUT2D eigenvalue weighted by atomic mass is 35.5. The van der Waals surface area contributed by atoms with E-state index in [1.807, 2.05) is 11.3 Å². The number of rotatable bonds is 2. The second-order valence-electron chi connectivity index (χ2n) is 6.48. The number of thiophene rings is 1. The number of benzene rings is 1. The van der Waals surface area contributed by atoms with Gasteiger partial charge in [-0.05, 0) is 43.0 Å². The van der Waals surface area contributed by atoms with Crippen LogP contribution in [0.5, 0.6) is 0 Å². The van der Waals surface area contributed by atoms with Crippen LogP contribution in [0, 0.1) is 5.92 Å². The van der Waals surface area contributed by atoms with E-state index in [1.165, 1.54) is 35.3 Å².